The first-order valence-electron chi connectivity index (χ1n) is 11.7. The van der Waals surface area contributed by atoms with Gasteiger partial charge >= 0.3 is 0 Å². The van der Waals surface area contributed by atoms with Gasteiger partial charge in [0, 0.05) is 29.2 Å². The van der Waals surface area contributed by atoms with Gasteiger partial charge in [-0.2, -0.15) is 4.98 Å². The second-order valence-electron chi connectivity index (χ2n) is 8.65. The Bertz CT molecular complexity index is 1130. The average molecular weight is 481 g/mol. The summed E-state index contributed by atoms with van der Waals surface area (Å²) in [6.45, 7) is 5.11. The molecule has 0 bridgehead atoms. The number of hydrogen-bond donors (Lipinski definition) is 0. The molecular weight excluding hydrogens is 452 g/mol. The largest absolute Gasteiger partial charge is 0.337 e. The third-order valence-electron chi connectivity index (χ3n) is 6.06. The molecule has 7 nitrogen and oxygen atoms in total. The fourth-order valence-electron chi connectivity index (χ4n) is 4.23. The molecule has 8 heteroatoms. The molecule has 1 saturated heterocycles. The fraction of sp³-hybridized carbons (Fsp3) is 0.385. The summed E-state index contributed by atoms with van der Waals surface area (Å²) < 4.78 is 5.58. The molecular formula is C26H29ClN4O3. The Labute approximate surface area is 204 Å². The standard InChI is InChI=1S/C26H29ClN4O3/c1-3-15-30(26(33)20-9-7-18(2)8-10-20)17-23(32)31-16-5-4-6-22(31)25-28-24(29-34-25)19-11-13-21(27)14-12-19/h7-14,22H,3-6,15-17H2,1-2H3. The van der Waals surface area contributed by atoms with E-state index in [4.69, 9.17) is 16.1 Å². The van der Waals surface area contributed by atoms with Crippen molar-refractivity contribution in [2.75, 3.05) is 19.6 Å². The van der Waals surface area contributed by atoms with Crippen LogP contribution in [0.1, 0.15) is 60.5 Å². The Morgan fingerprint density at radius 3 is 2.56 bits per heavy atom. The van der Waals surface area contributed by atoms with Gasteiger partial charge in [-0.05, 0) is 69.0 Å². The Kier molecular flexibility index (Phi) is 7.63. The van der Waals surface area contributed by atoms with Crippen molar-refractivity contribution in [3.63, 3.8) is 0 Å². The SMILES string of the molecule is CCCN(CC(=O)N1CCCCC1c1nc(-c2ccc(Cl)cc2)no1)C(=O)c1ccc(C)cc1. The summed E-state index contributed by atoms with van der Waals surface area (Å²) in [6, 6.07) is 14.4. The minimum absolute atomic E-state index is 0.0230. The number of carbonyl (C=O) groups is 2. The summed E-state index contributed by atoms with van der Waals surface area (Å²) in [7, 11) is 0. The number of aryl methyl sites for hydroxylation is 1. The topological polar surface area (TPSA) is 79.5 Å². The summed E-state index contributed by atoms with van der Waals surface area (Å²) in [5, 5.41) is 4.75. The molecule has 2 heterocycles. The quantitative estimate of drug-likeness (QED) is 0.458. The van der Waals surface area contributed by atoms with Gasteiger partial charge in [-0.3, -0.25) is 9.59 Å². The molecule has 1 aliphatic rings. The Hall–Kier alpha value is -3.19. The van der Waals surface area contributed by atoms with Crippen LogP contribution in [0.4, 0.5) is 0 Å². The molecule has 0 N–H and O–H groups in total. The number of amides is 2. The summed E-state index contributed by atoms with van der Waals surface area (Å²) in [6.07, 6.45) is 3.38. The van der Waals surface area contributed by atoms with E-state index < -0.39 is 0 Å². The number of hydrogen-bond acceptors (Lipinski definition) is 5. The van der Waals surface area contributed by atoms with Crippen molar-refractivity contribution >= 4 is 23.4 Å². The molecule has 178 valence electrons. The van der Waals surface area contributed by atoms with Crippen molar-refractivity contribution in [1.82, 2.24) is 19.9 Å². The van der Waals surface area contributed by atoms with Crippen LogP contribution in [0.15, 0.2) is 53.1 Å². The molecule has 2 amide bonds. The zero-order valence-corrected chi connectivity index (χ0v) is 20.3. The van der Waals surface area contributed by atoms with E-state index in [1.165, 1.54) is 0 Å². The van der Waals surface area contributed by atoms with Crippen LogP contribution in [0.5, 0.6) is 0 Å². The molecule has 4 rings (SSSR count). The maximum atomic E-state index is 13.4. The molecule has 1 aliphatic heterocycles. The summed E-state index contributed by atoms with van der Waals surface area (Å²) in [5.74, 6) is 0.646. The van der Waals surface area contributed by atoms with Gasteiger partial charge in [-0.15, -0.1) is 0 Å². The number of aromatic nitrogens is 2. The van der Waals surface area contributed by atoms with Crippen LogP contribution in [0, 0.1) is 6.92 Å². The van der Waals surface area contributed by atoms with Gasteiger partial charge in [0.2, 0.25) is 17.6 Å². The molecule has 1 aromatic heterocycles. The van der Waals surface area contributed by atoms with E-state index in [1.807, 2.05) is 50.2 Å². The second-order valence-corrected chi connectivity index (χ2v) is 9.09. The zero-order valence-electron chi connectivity index (χ0n) is 19.5. The van der Waals surface area contributed by atoms with E-state index in [9.17, 15) is 9.59 Å². The Morgan fingerprint density at radius 2 is 1.85 bits per heavy atom. The summed E-state index contributed by atoms with van der Waals surface area (Å²) in [4.78, 5) is 34.5. The van der Waals surface area contributed by atoms with Crippen LogP contribution in [0.2, 0.25) is 5.02 Å². The van der Waals surface area contributed by atoms with Gasteiger partial charge < -0.3 is 14.3 Å². The molecule has 2 aromatic carbocycles. The lowest BCUT2D eigenvalue weighted by Gasteiger charge is -2.35. The molecule has 1 fully saturated rings. The van der Waals surface area contributed by atoms with Crippen molar-refractivity contribution in [3.05, 3.63) is 70.6 Å². The minimum atomic E-state index is -0.298. The number of likely N-dealkylation sites (tertiary alicyclic amines) is 1. The van der Waals surface area contributed by atoms with Gasteiger partial charge in [0.15, 0.2) is 0 Å². The highest BCUT2D eigenvalue weighted by Gasteiger charge is 2.33. The highest BCUT2D eigenvalue weighted by atomic mass is 35.5. The monoisotopic (exact) mass is 480 g/mol. The second kappa shape index (κ2) is 10.8. The van der Waals surface area contributed by atoms with Crippen molar-refractivity contribution in [2.45, 2.75) is 45.6 Å². The summed E-state index contributed by atoms with van der Waals surface area (Å²) >= 11 is 5.98. The normalized spacial score (nSPS) is 15.9. The zero-order chi connectivity index (χ0) is 24.1. The van der Waals surface area contributed by atoms with E-state index in [1.54, 1.807) is 21.9 Å². The molecule has 0 spiro atoms. The molecule has 1 unspecified atom stereocenters. The third kappa shape index (κ3) is 5.47. The van der Waals surface area contributed by atoms with Gasteiger partial charge in [0.25, 0.3) is 5.91 Å². The Balaban J connectivity index is 1.50. The fourth-order valence-corrected chi connectivity index (χ4v) is 4.35. The maximum absolute atomic E-state index is 13.4. The first-order valence-corrected chi connectivity index (χ1v) is 12.1. The van der Waals surface area contributed by atoms with Gasteiger partial charge in [0.1, 0.15) is 12.6 Å². The number of carbonyl (C=O) groups excluding carboxylic acids is 2. The van der Waals surface area contributed by atoms with E-state index >= 15 is 0 Å². The van der Waals surface area contributed by atoms with Crippen molar-refractivity contribution in [2.24, 2.45) is 0 Å². The van der Waals surface area contributed by atoms with Crippen molar-refractivity contribution in [1.29, 1.82) is 0 Å². The molecule has 3 aromatic rings. The number of halogens is 1. The van der Waals surface area contributed by atoms with Gasteiger partial charge in [-0.25, -0.2) is 0 Å². The van der Waals surface area contributed by atoms with Crippen LogP contribution in [0.3, 0.4) is 0 Å². The lowest BCUT2D eigenvalue weighted by atomic mass is 10.0. The predicted molar refractivity (Wildman–Crippen MR) is 130 cm³/mol. The van der Waals surface area contributed by atoms with Crippen LogP contribution >= 0.6 is 11.6 Å². The van der Waals surface area contributed by atoms with Crippen LogP contribution in [0.25, 0.3) is 11.4 Å². The van der Waals surface area contributed by atoms with Crippen LogP contribution < -0.4 is 0 Å². The van der Waals surface area contributed by atoms with Crippen LogP contribution in [-0.4, -0.2) is 51.4 Å². The maximum Gasteiger partial charge on any atom is 0.254 e. The number of benzene rings is 2. The number of nitrogens with zero attached hydrogens (tertiary/aromatic N) is 4. The highest BCUT2D eigenvalue weighted by molar-refractivity contribution is 6.30. The molecule has 1 atom stereocenters. The van der Waals surface area contributed by atoms with E-state index in [-0.39, 0.29) is 24.4 Å². The molecule has 0 aliphatic carbocycles. The van der Waals surface area contributed by atoms with Crippen molar-refractivity contribution in [3.8, 4) is 11.4 Å². The molecule has 0 saturated carbocycles. The molecule has 34 heavy (non-hydrogen) atoms. The first kappa shape index (κ1) is 24.0. The van der Waals surface area contributed by atoms with E-state index in [0.29, 0.717) is 35.4 Å². The summed E-state index contributed by atoms with van der Waals surface area (Å²) in [5.41, 5.74) is 2.47. The number of rotatable bonds is 7. The first-order chi connectivity index (χ1) is 16.5. The van der Waals surface area contributed by atoms with E-state index in [0.717, 1.165) is 36.8 Å². The lowest BCUT2D eigenvalue weighted by Crippen LogP contribution is -2.46. The average Bonchev–Trinajstić information content (AvgIpc) is 3.34. The van der Waals surface area contributed by atoms with Crippen molar-refractivity contribution < 1.29 is 14.1 Å². The van der Waals surface area contributed by atoms with Gasteiger partial charge in [0.05, 0.1) is 0 Å². The van der Waals surface area contributed by atoms with Crippen LogP contribution in [-0.2, 0) is 4.79 Å². The van der Waals surface area contributed by atoms with E-state index in [2.05, 4.69) is 10.1 Å². The lowest BCUT2D eigenvalue weighted by molar-refractivity contribution is -0.136. The van der Waals surface area contributed by atoms with Gasteiger partial charge in [-0.1, -0.05) is 41.4 Å². The third-order valence-corrected chi connectivity index (χ3v) is 6.31. The minimum Gasteiger partial charge on any atom is -0.337 e. The smallest absolute Gasteiger partial charge is 0.254 e. The molecule has 0 radical (unpaired) electrons. The number of piperidine rings is 1. The Morgan fingerprint density at radius 1 is 1.12 bits per heavy atom. The highest BCUT2D eigenvalue weighted by Crippen LogP contribution is 2.31. The predicted octanol–water partition coefficient (Wildman–Crippen LogP) is 5.30.